The second kappa shape index (κ2) is 11.6. The van der Waals surface area contributed by atoms with Gasteiger partial charge in [-0.05, 0) is 43.3 Å². The Kier molecular flexibility index (Phi) is 7.97. The number of nitrogens with zero attached hydrogens (tertiary/aromatic N) is 3. The van der Waals surface area contributed by atoms with Crippen molar-refractivity contribution in [3.63, 3.8) is 0 Å². The van der Waals surface area contributed by atoms with E-state index >= 15 is 0 Å². The maximum Gasteiger partial charge on any atom is 0.269 e. The van der Waals surface area contributed by atoms with Crippen LogP contribution >= 0.6 is 34.8 Å². The van der Waals surface area contributed by atoms with Gasteiger partial charge in [-0.15, -0.1) is 0 Å². The molecule has 2 N–H and O–H groups in total. The van der Waals surface area contributed by atoms with Crippen molar-refractivity contribution in [1.29, 1.82) is 0 Å². The highest BCUT2D eigenvalue weighted by molar-refractivity contribution is 6.44. The summed E-state index contributed by atoms with van der Waals surface area (Å²) in [4.78, 5) is 39.4. The number of benzodiazepines with no additional fused rings is 1. The van der Waals surface area contributed by atoms with Gasteiger partial charge in [-0.3, -0.25) is 14.6 Å². The van der Waals surface area contributed by atoms with Crippen molar-refractivity contribution in [2.24, 2.45) is 4.99 Å². The molecule has 2 aromatic heterocycles. The number of rotatable bonds is 6. The first kappa shape index (κ1) is 27.5. The minimum Gasteiger partial charge on any atom is -0.471 e. The summed E-state index contributed by atoms with van der Waals surface area (Å²) >= 11 is 19.1. The van der Waals surface area contributed by atoms with E-state index in [1.165, 1.54) is 12.1 Å². The highest BCUT2D eigenvalue weighted by Crippen LogP contribution is 2.34. The Bertz CT molecular complexity index is 1660. The molecule has 8 nitrogen and oxygen atoms in total. The van der Waals surface area contributed by atoms with Gasteiger partial charge in [0.15, 0.2) is 0 Å². The molecule has 2 aromatic carbocycles. The summed E-state index contributed by atoms with van der Waals surface area (Å²) in [7, 11) is 0. The number of nitrogens with one attached hydrogen (secondary N) is 2. The smallest absolute Gasteiger partial charge is 0.269 e. The lowest BCUT2D eigenvalue weighted by Crippen LogP contribution is -2.42. The molecule has 0 spiro atoms. The van der Waals surface area contributed by atoms with Crippen LogP contribution in [0.2, 0.25) is 15.1 Å². The van der Waals surface area contributed by atoms with Gasteiger partial charge in [0.05, 0.1) is 33.3 Å². The number of hydrogen-bond acceptors (Lipinski definition) is 6. The predicted molar refractivity (Wildman–Crippen MR) is 151 cm³/mol. The van der Waals surface area contributed by atoms with Crippen LogP contribution in [0.5, 0.6) is 5.88 Å². The van der Waals surface area contributed by atoms with Crippen molar-refractivity contribution in [3.8, 4) is 5.88 Å². The quantitative estimate of drug-likeness (QED) is 0.283. The molecule has 1 unspecified atom stereocenters. The van der Waals surface area contributed by atoms with E-state index in [0.29, 0.717) is 27.5 Å². The standard InChI is InChI=1S/C28H19Cl3FN5O3/c1-14-5-4-6-17(34-14)13-40-28-19(11-16(32)12-33-28)26(38)37-25-27(39)35-22-8-3-2-7-18(22)24(36-25)23-20(30)9-15(29)10-21(23)31/h2-12,25H,13H2,1H3,(H,35,39)(H,37,38). The first-order valence-electron chi connectivity index (χ1n) is 11.8. The molecule has 0 bridgehead atoms. The summed E-state index contributed by atoms with van der Waals surface area (Å²) in [5, 5.41) is 5.98. The van der Waals surface area contributed by atoms with Crippen LogP contribution in [0.4, 0.5) is 10.1 Å². The molecule has 5 rings (SSSR count). The molecule has 0 saturated carbocycles. The third kappa shape index (κ3) is 5.91. The van der Waals surface area contributed by atoms with Gasteiger partial charge in [-0.2, -0.15) is 0 Å². The van der Waals surface area contributed by atoms with Gasteiger partial charge in [-0.1, -0.05) is 59.1 Å². The fourth-order valence-electron chi connectivity index (χ4n) is 4.05. The number of hydrogen-bond donors (Lipinski definition) is 2. The van der Waals surface area contributed by atoms with Crippen molar-refractivity contribution >= 4 is 58.0 Å². The van der Waals surface area contributed by atoms with E-state index < -0.39 is 23.8 Å². The van der Waals surface area contributed by atoms with E-state index in [2.05, 4.69) is 25.6 Å². The lowest BCUT2D eigenvalue weighted by Gasteiger charge is -2.16. The van der Waals surface area contributed by atoms with E-state index in [1.807, 2.05) is 19.1 Å². The summed E-state index contributed by atoms with van der Waals surface area (Å²) in [5.41, 5.74) is 2.63. The molecular weight excluding hydrogens is 580 g/mol. The lowest BCUT2D eigenvalue weighted by molar-refractivity contribution is -0.117. The van der Waals surface area contributed by atoms with E-state index in [-0.39, 0.29) is 33.8 Å². The molecule has 1 aliphatic rings. The molecule has 40 heavy (non-hydrogen) atoms. The van der Waals surface area contributed by atoms with Crippen molar-refractivity contribution in [3.05, 3.63) is 116 Å². The monoisotopic (exact) mass is 597 g/mol. The van der Waals surface area contributed by atoms with Crippen LogP contribution in [0.15, 0.2) is 71.9 Å². The topological polar surface area (TPSA) is 106 Å². The Morgan fingerprint density at radius 1 is 1.07 bits per heavy atom. The number of aliphatic imine (C=N–C) groups is 1. The summed E-state index contributed by atoms with van der Waals surface area (Å²) in [6.45, 7) is 1.81. The molecule has 0 fully saturated rings. The lowest BCUT2D eigenvalue weighted by atomic mass is 10.0. The van der Waals surface area contributed by atoms with Gasteiger partial charge in [-0.25, -0.2) is 14.4 Å². The number of aryl methyl sites for hydroxylation is 1. The number of ether oxygens (including phenoxy) is 1. The number of amides is 2. The zero-order valence-electron chi connectivity index (χ0n) is 20.7. The molecule has 4 aromatic rings. The summed E-state index contributed by atoms with van der Waals surface area (Å²) in [5.74, 6) is -2.41. The summed E-state index contributed by atoms with van der Waals surface area (Å²) in [6, 6.07) is 16.2. The Hall–Kier alpha value is -4.05. The third-order valence-corrected chi connectivity index (χ3v) is 6.64. The zero-order valence-corrected chi connectivity index (χ0v) is 23.0. The first-order chi connectivity index (χ1) is 19.2. The Morgan fingerprint density at radius 3 is 2.58 bits per heavy atom. The molecular formula is C28H19Cl3FN5O3. The fourth-order valence-corrected chi connectivity index (χ4v) is 5.05. The molecule has 202 valence electrons. The molecule has 1 aliphatic heterocycles. The molecule has 0 radical (unpaired) electrons. The van der Waals surface area contributed by atoms with E-state index in [9.17, 15) is 14.0 Å². The van der Waals surface area contributed by atoms with Gasteiger partial charge in [0.2, 0.25) is 12.0 Å². The van der Waals surface area contributed by atoms with Gasteiger partial charge >= 0.3 is 0 Å². The molecule has 12 heteroatoms. The SMILES string of the molecule is Cc1cccc(COc2ncc(F)cc2C(=O)NC2N=C(c3c(Cl)cc(Cl)cc3Cl)c3ccccc3NC2=O)n1. The highest BCUT2D eigenvalue weighted by atomic mass is 35.5. The highest BCUT2D eigenvalue weighted by Gasteiger charge is 2.30. The van der Waals surface area contributed by atoms with Gasteiger partial charge in [0.1, 0.15) is 18.0 Å². The second-order valence-electron chi connectivity index (χ2n) is 8.70. The fraction of sp³-hybridized carbons (Fsp3) is 0.107. The predicted octanol–water partition coefficient (Wildman–Crippen LogP) is 6.01. The largest absolute Gasteiger partial charge is 0.471 e. The van der Waals surface area contributed by atoms with Gasteiger partial charge < -0.3 is 15.4 Å². The van der Waals surface area contributed by atoms with Crippen LogP contribution in [0.3, 0.4) is 0 Å². The third-order valence-electron chi connectivity index (χ3n) is 5.82. The first-order valence-corrected chi connectivity index (χ1v) is 13.0. The molecule has 0 saturated heterocycles. The van der Waals surface area contributed by atoms with Crippen LogP contribution in [-0.4, -0.2) is 33.7 Å². The number of halogens is 4. The van der Waals surface area contributed by atoms with Gasteiger partial charge in [0.25, 0.3) is 11.8 Å². The van der Waals surface area contributed by atoms with E-state index in [4.69, 9.17) is 39.5 Å². The number of carbonyl (C=O) groups is 2. The summed E-state index contributed by atoms with van der Waals surface area (Å²) in [6.07, 6.45) is -0.529. The normalized spacial score (nSPS) is 14.5. The number of pyridine rings is 2. The number of benzene rings is 2. The summed E-state index contributed by atoms with van der Waals surface area (Å²) < 4.78 is 19.9. The van der Waals surface area contributed by atoms with Crippen LogP contribution in [-0.2, 0) is 11.4 Å². The maximum atomic E-state index is 14.2. The zero-order chi connectivity index (χ0) is 28.4. The minimum atomic E-state index is -1.45. The number of carbonyl (C=O) groups excluding carboxylic acids is 2. The number of anilines is 1. The average Bonchev–Trinajstić information content (AvgIpc) is 3.03. The van der Waals surface area contributed by atoms with Crippen molar-refractivity contribution < 1.29 is 18.7 Å². The van der Waals surface area contributed by atoms with Crippen LogP contribution in [0, 0.1) is 12.7 Å². The van der Waals surface area contributed by atoms with Crippen molar-refractivity contribution in [2.45, 2.75) is 19.7 Å². The number of para-hydroxylation sites is 1. The van der Waals surface area contributed by atoms with E-state index in [1.54, 1.807) is 30.3 Å². The average molecular weight is 599 g/mol. The van der Waals surface area contributed by atoms with Crippen molar-refractivity contribution in [2.75, 3.05) is 5.32 Å². The molecule has 3 heterocycles. The Balaban J connectivity index is 1.50. The molecule has 0 aliphatic carbocycles. The Morgan fingerprint density at radius 2 is 1.82 bits per heavy atom. The van der Waals surface area contributed by atoms with Crippen LogP contribution < -0.4 is 15.4 Å². The molecule has 1 atom stereocenters. The van der Waals surface area contributed by atoms with Gasteiger partial charge in [0, 0.05) is 21.8 Å². The van der Waals surface area contributed by atoms with Crippen LogP contribution in [0.1, 0.15) is 32.9 Å². The van der Waals surface area contributed by atoms with E-state index in [0.717, 1.165) is 18.0 Å². The second-order valence-corrected chi connectivity index (χ2v) is 9.95. The number of aromatic nitrogens is 2. The maximum absolute atomic E-state index is 14.2. The Labute approximate surface area is 243 Å². The molecule has 2 amide bonds. The van der Waals surface area contributed by atoms with Crippen LogP contribution in [0.25, 0.3) is 0 Å². The minimum absolute atomic E-state index is 0.0182. The van der Waals surface area contributed by atoms with Crippen molar-refractivity contribution in [1.82, 2.24) is 15.3 Å². The number of fused-ring (bicyclic) bond motifs is 1.